The molecule has 17 heavy (non-hydrogen) atoms. The van der Waals surface area contributed by atoms with Crippen molar-refractivity contribution in [3.05, 3.63) is 40.5 Å². The van der Waals surface area contributed by atoms with Crippen LogP contribution in [0.4, 0.5) is 0 Å². The predicted octanol–water partition coefficient (Wildman–Crippen LogP) is 3.21. The number of halogens is 1. The van der Waals surface area contributed by atoms with Crippen molar-refractivity contribution in [1.82, 2.24) is 10.3 Å². The second-order valence-electron chi connectivity index (χ2n) is 3.37. The first-order valence-corrected chi connectivity index (χ1v) is 6.41. The Morgan fingerprint density at radius 2 is 2.12 bits per heavy atom. The van der Waals surface area contributed by atoms with Gasteiger partial charge < -0.3 is 5.32 Å². The van der Waals surface area contributed by atoms with Crippen LogP contribution in [0, 0.1) is 0 Å². The Hall–Kier alpha value is -1.39. The number of carbonyl (C=O) groups excluding carboxylic acids is 1. The summed E-state index contributed by atoms with van der Waals surface area (Å²) in [6, 6.07) is 9.64. The summed E-state index contributed by atoms with van der Waals surface area (Å²) >= 11 is 7.20. The van der Waals surface area contributed by atoms with Gasteiger partial charge in [-0.25, -0.2) is 4.98 Å². The van der Waals surface area contributed by atoms with Gasteiger partial charge in [0.2, 0.25) is 0 Å². The molecule has 0 aliphatic heterocycles. The molecule has 0 saturated heterocycles. The molecule has 0 fully saturated rings. The van der Waals surface area contributed by atoms with E-state index in [-0.39, 0.29) is 5.91 Å². The molecule has 0 spiro atoms. The van der Waals surface area contributed by atoms with E-state index in [0.717, 1.165) is 10.4 Å². The lowest BCUT2D eigenvalue weighted by Crippen LogP contribution is -2.23. The third-order valence-electron chi connectivity index (χ3n) is 2.19. The number of hydrogen-bond acceptors (Lipinski definition) is 3. The van der Waals surface area contributed by atoms with Crippen molar-refractivity contribution in [2.45, 2.75) is 6.92 Å². The predicted molar refractivity (Wildman–Crippen MR) is 70.6 cm³/mol. The Bertz CT molecular complexity index is 525. The zero-order chi connectivity index (χ0) is 12.3. The van der Waals surface area contributed by atoms with Crippen molar-refractivity contribution in [2.24, 2.45) is 0 Å². The summed E-state index contributed by atoms with van der Waals surface area (Å²) in [6.07, 6.45) is 0. The highest BCUT2D eigenvalue weighted by Gasteiger charge is 2.17. The van der Waals surface area contributed by atoms with Crippen molar-refractivity contribution in [3.8, 4) is 10.4 Å². The monoisotopic (exact) mass is 266 g/mol. The van der Waals surface area contributed by atoms with Crippen LogP contribution in [-0.2, 0) is 0 Å². The number of benzene rings is 1. The zero-order valence-electron chi connectivity index (χ0n) is 9.24. The van der Waals surface area contributed by atoms with Gasteiger partial charge in [-0.05, 0) is 12.5 Å². The fourth-order valence-electron chi connectivity index (χ4n) is 1.48. The van der Waals surface area contributed by atoms with Gasteiger partial charge in [-0.2, -0.15) is 0 Å². The molecule has 0 aliphatic carbocycles. The zero-order valence-corrected chi connectivity index (χ0v) is 10.8. The largest absolute Gasteiger partial charge is 0.351 e. The summed E-state index contributed by atoms with van der Waals surface area (Å²) < 4.78 is 0.380. The molecule has 1 aromatic carbocycles. The Balaban J connectivity index is 2.44. The first kappa shape index (κ1) is 12.1. The molecule has 5 heteroatoms. The Kier molecular flexibility index (Phi) is 3.76. The Labute approximate surface area is 108 Å². The molecular formula is C12H11ClN2OS. The van der Waals surface area contributed by atoms with Crippen LogP contribution < -0.4 is 5.32 Å². The molecule has 88 valence electrons. The van der Waals surface area contributed by atoms with Crippen molar-refractivity contribution >= 4 is 28.8 Å². The molecule has 2 rings (SSSR count). The third-order valence-corrected chi connectivity index (χ3v) is 3.40. The van der Waals surface area contributed by atoms with E-state index >= 15 is 0 Å². The van der Waals surface area contributed by atoms with E-state index in [9.17, 15) is 4.79 Å². The maximum Gasteiger partial charge on any atom is 0.271 e. The quantitative estimate of drug-likeness (QED) is 0.927. The lowest BCUT2D eigenvalue weighted by molar-refractivity contribution is 0.0952. The van der Waals surface area contributed by atoms with Crippen LogP contribution in [0.3, 0.4) is 0 Å². The van der Waals surface area contributed by atoms with E-state index < -0.39 is 0 Å². The minimum Gasteiger partial charge on any atom is -0.351 e. The summed E-state index contributed by atoms with van der Waals surface area (Å²) in [7, 11) is 0. The lowest BCUT2D eigenvalue weighted by atomic mass is 10.1. The lowest BCUT2D eigenvalue weighted by Gasteiger charge is -2.02. The van der Waals surface area contributed by atoms with Crippen molar-refractivity contribution in [3.63, 3.8) is 0 Å². The first-order chi connectivity index (χ1) is 8.22. The van der Waals surface area contributed by atoms with Crippen LogP contribution in [0.2, 0.25) is 4.47 Å². The molecule has 0 bridgehead atoms. The molecule has 1 aromatic heterocycles. The average Bonchev–Trinajstić information content (AvgIpc) is 2.73. The molecule has 0 atom stereocenters. The fraction of sp³-hybridized carbons (Fsp3) is 0.167. The number of amides is 1. The van der Waals surface area contributed by atoms with Gasteiger partial charge in [0.15, 0.2) is 4.47 Å². The summed E-state index contributed by atoms with van der Waals surface area (Å²) in [5.74, 6) is -0.186. The topological polar surface area (TPSA) is 42.0 Å². The van der Waals surface area contributed by atoms with E-state index in [1.165, 1.54) is 11.3 Å². The van der Waals surface area contributed by atoms with E-state index in [4.69, 9.17) is 11.6 Å². The smallest absolute Gasteiger partial charge is 0.271 e. The molecule has 1 N–H and O–H groups in total. The molecule has 0 radical (unpaired) electrons. The van der Waals surface area contributed by atoms with Crippen molar-refractivity contribution in [1.29, 1.82) is 0 Å². The number of carbonyl (C=O) groups is 1. The highest BCUT2D eigenvalue weighted by atomic mass is 35.5. The van der Waals surface area contributed by atoms with Gasteiger partial charge in [-0.3, -0.25) is 4.79 Å². The second kappa shape index (κ2) is 5.29. The molecular weight excluding hydrogens is 256 g/mol. The van der Waals surface area contributed by atoms with Crippen LogP contribution in [-0.4, -0.2) is 17.4 Å². The molecule has 3 nitrogen and oxygen atoms in total. The Morgan fingerprint density at radius 3 is 2.76 bits per heavy atom. The second-order valence-corrected chi connectivity index (χ2v) is 4.95. The van der Waals surface area contributed by atoms with Crippen LogP contribution in [0.5, 0.6) is 0 Å². The maximum atomic E-state index is 11.8. The molecule has 0 saturated carbocycles. The maximum absolute atomic E-state index is 11.8. The number of nitrogens with zero attached hydrogens (tertiary/aromatic N) is 1. The number of nitrogens with one attached hydrogen (secondary N) is 1. The van der Waals surface area contributed by atoms with Gasteiger partial charge in [0.1, 0.15) is 5.69 Å². The minimum absolute atomic E-state index is 0.186. The Morgan fingerprint density at radius 1 is 1.41 bits per heavy atom. The molecule has 2 aromatic rings. The van der Waals surface area contributed by atoms with Gasteiger partial charge in [0.05, 0.1) is 4.88 Å². The summed E-state index contributed by atoms with van der Waals surface area (Å²) in [6.45, 7) is 2.44. The van der Waals surface area contributed by atoms with E-state index in [1.54, 1.807) is 0 Å². The van der Waals surface area contributed by atoms with Gasteiger partial charge >= 0.3 is 0 Å². The van der Waals surface area contributed by atoms with E-state index in [0.29, 0.717) is 16.7 Å². The molecule has 1 heterocycles. The number of rotatable bonds is 3. The fourth-order valence-corrected chi connectivity index (χ4v) is 2.59. The highest BCUT2D eigenvalue weighted by Crippen LogP contribution is 2.32. The highest BCUT2D eigenvalue weighted by molar-refractivity contribution is 7.19. The third kappa shape index (κ3) is 2.65. The van der Waals surface area contributed by atoms with Crippen LogP contribution in [0.1, 0.15) is 17.4 Å². The minimum atomic E-state index is -0.186. The first-order valence-electron chi connectivity index (χ1n) is 5.22. The molecule has 0 aliphatic rings. The summed E-state index contributed by atoms with van der Waals surface area (Å²) in [4.78, 5) is 16.7. The van der Waals surface area contributed by atoms with Gasteiger partial charge in [-0.15, -0.1) is 11.3 Å². The average molecular weight is 267 g/mol. The van der Waals surface area contributed by atoms with Crippen LogP contribution in [0.15, 0.2) is 30.3 Å². The number of aromatic nitrogens is 1. The SMILES string of the molecule is CCNC(=O)c1nc(Cl)sc1-c1ccccc1. The number of thiazole rings is 1. The van der Waals surface area contributed by atoms with E-state index in [2.05, 4.69) is 10.3 Å². The van der Waals surface area contributed by atoms with Gasteiger partial charge in [0, 0.05) is 6.54 Å². The van der Waals surface area contributed by atoms with Crippen LogP contribution in [0.25, 0.3) is 10.4 Å². The molecule has 1 amide bonds. The van der Waals surface area contributed by atoms with Gasteiger partial charge in [0.25, 0.3) is 5.91 Å². The summed E-state index contributed by atoms with van der Waals surface area (Å²) in [5, 5.41) is 2.73. The van der Waals surface area contributed by atoms with Crippen molar-refractivity contribution in [2.75, 3.05) is 6.54 Å². The normalized spacial score (nSPS) is 10.2. The van der Waals surface area contributed by atoms with Crippen molar-refractivity contribution < 1.29 is 4.79 Å². The van der Waals surface area contributed by atoms with Crippen LogP contribution >= 0.6 is 22.9 Å². The van der Waals surface area contributed by atoms with Gasteiger partial charge in [-0.1, -0.05) is 41.9 Å². The molecule has 0 unspecified atom stereocenters. The number of hydrogen-bond donors (Lipinski definition) is 1. The van der Waals surface area contributed by atoms with E-state index in [1.807, 2.05) is 37.3 Å². The summed E-state index contributed by atoms with van der Waals surface area (Å²) in [5.41, 5.74) is 1.35. The standard InChI is InChI=1S/C12H11ClN2OS/c1-2-14-11(16)9-10(17-12(13)15-9)8-6-4-3-5-7-8/h3-7H,2H2,1H3,(H,14,16).